The summed E-state index contributed by atoms with van der Waals surface area (Å²) in [7, 11) is 0. The summed E-state index contributed by atoms with van der Waals surface area (Å²) < 4.78 is 49.7. The number of nitrogens with zero attached hydrogens (tertiary/aromatic N) is 5. The van der Waals surface area contributed by atoms with Gasteiger partial charge in [0.15, 0.2) is 11.3 Å². The van der Waals surface area contributed by atoms with E-state index in [2.05, 4.69) is 10.1 Å². The molecule has 3 heterocycles. The van der Waals surface area contributed by atoms with Crippen LogP contribution in [0, 0.1) is 11.3 Å². The average Bonchev–Trinajstić information content (AvgIpc) is 2.82. The van der Waals surface area contributed by atoms with E-state index in [1.807, 2.05) is 11.0 Å². The van der Waals surface area contributed by atoms with Crippen LogP contribution < -0.4 is 15.2 Å². The predicted octanol–water partition coefficient (Wildman–Crippen LogP) is 1.58. The Balaban J connectivity index is 1.40. The van der Waals surface area contributed by atoms with Gasteiger partial charge in [0.25, 0.3) is 5.56 Å². The van der Waals surface area contributed by atoms with Crippen LogP contribution in [0.2, 0.25) is 0 Å². The average molecular weight is 480 g/mol. The summed E-state index contributed by atoms with van der Waals surface area (Å²) in [6.07, 6.45) is -3.10. The maximum absolute atomic E-state index is 13.0. The van der Waals surface area contributed by atoms with Crippen molar-refractivity contribution < 1.29 is 27.4 Å². The van der Waals surface area contributed by atoms with Crippen molar-refractivity contribution in [2.45, 2.75) is 25.6 Å². The van der Waals surface area contributed by atoms with E-state index < -0.39 is 29.2 Å². The topological polar surface area (TPSA) is 124 Å². The minimum Gasteiger partial charge on any atom is -0.488 e. The molecular formula is C21H23F3N6O4. The van der Waals surface area contributed by atoms with Gasteiger partial charge in [-0.15, -0.1) is 0 Å². The van der Waals surface area contributed by atoms with E-state index >= 15 is 0 Å². The lowest BCUT2D eigenvalue weighted by molar-refractivity contribution is -0.140. The zero-order chi connectivity index (χ0) is 24.7. The van der Waals surface area contributed by atoms with Gasteiger partial charge in [0, 0.05) is 32.4 Å². The number of piperazine rings is 1. The Morgan fingerprint density at radius 3 is 2.62 bits per heavy atom. The lowest BCUT2D eigenvalue weighted by Gasteiger charge is -2.35. The van der Waals surface area contributed by atoms with Gasteiger partial charge in [0.1, 0.15) is 18.5 Å². The maximum atomic E-state index is 13.0. The number of pyridine rings is 1. The molecule has 0 aromatic carbocycles. The van der Waals surface area contributed by atoms with Crippen molar-refractivity contribution in [2.24, 2.45) is 0 Å². The number of hydrogen-bond acceptors (Lipinski definition) is 8. The molecule has 10 nitrogen and oxygen atoms in total. The molecule has 1 amide bonds. The van der Waals surface area contributed by atoms with Crippen molar-refractivity contribution >= 4 is 11.7 Å². The first-order valence-electron chi connectivity index (χ1n) is 10.5. The Morgan fingerprint density at radius 2 is 2.00 bits per heavy atom. The van der Waals surface area contributed by atoms with Crippen molar-refractivity contribution in [2.75, 3.05) is 44.3 Å². The number of aromatic amines is 1. The number of H-pyrrole nitrogens is 1. The van der Waals surface area contributed by atoms with Crippen LogP contribution in [0.1, 0.15) is 24.5 Å². The molecule has 1 N–H and O–H groups in total. The van der Waals surface area contributed by atoms with E-state index in [4.69, 9.17) is 14.7 Å². The summed E-state index contributed by atoms with van der Waals surface area (Å²) in [5.41, 5.74) is -2.37. The van der Waals surface area contributed by atoms with Gasteiger partial charge in [-0.2, -0.15) is 23.5 Å². The Kier molecular flexibility index (Phi) is 8.06. The van der Waals surface area contributed by atoms with Crippen molar-refractivity contribution in [3.63, 3.8) is 0 Å². The molecule has 1 aliphatic rings. The predicted molar refractivity (Wildman–Crippen MR) is 113 cm³/mol. The highest BCUT2D eigenvalue weighted by molar-refractivity contribution is 5.76. The number of carbonyl (C=O) groups excluding carboxylic acids is 1. The van der Waals surface area contributed by atoms with Gasteiger partial charge >= 0.3 is 6.18 Å². The molecule has 3 rings (SSSR count). The number of rotatable bonds is 8. The van der Waals surface area contributed by atoms with Crippen LogP contribution in [0.15, 0.2) is 29.3 Å². The standard InChI is InChI=1S/C21H23F3N6O4/c1-14(13-34-16-12-27-28-20(32)19(16)21(22,23)24)33-9-4-18(31)30-7-5-29(6-8-30)17-3-2-15(10-25)11-26-17/h2-3,11-12,14H,4-9,13H2,1H3,(H,28,32)/t14-/m0/s1. The Bertz CT molecular complexity index is 1080. The molecule has 0 saturated carbocycles. The van der Waals surface area contributed by atoms with E-state index in [-0.39, 0.29) is 25.5 Å². The van der Waals surface area contributed by atoms with Crippen LogP contribution >= 0.6 is 0 Å². The SMILES string of the molecule is C[C@@H](COc1cn[nH]c(=O)c1C(F)(F)F)OCCC(=O)N1CCN(c2ccc(C#N)cn2)CC1. The van der Waals surface area contributed by atoms with Crippen molar-refractivity contribution in [3.05, 3.63) is 46.0 Å². The smallest absolute Gasteiger partial charge is 0.425 e. The number of halogens is 3. The number of amides is 1. The van der Waals surface area contributed by atoms with E-state index in [9.17, 15) is 22.8 Å². The number of nitrogens with one attached hydrogen (secondary N) is 1. The number of hydrogen-bond donors (Lipinski definition) is 1. The summed E-state index contributed by atoms with van der Waals surface area (Å²) >= 11 is 0. The maximum Gasteiger partial charge on any atom is 0.425 e. The molecule has 0 bridgehead atoms. The highest BCUT2D eigenvalue weighted by Crippen LogP contribution is 2.32. The fourth-order valence-electron chi connectivity index (χ4n) is 3.34. The summed E-state index contributed by atoms with van der Waals surface area (Å²) in [4.78, 5) is 31.9. The van der Waals surface area contributed by atoms with E-state index in [1.165, 1.54) is 6.20 Å². The first kappa shape index (κ1) is 25.0. The molecule has 0 spiro atoms. The summed E-state index contributed by atoms with van der Waals surface area (Å²) in [6.45, 7) is 3.62. The molecule has 0 unspecified atom stereocenters. The minimum atomic E-state index is -4.89. The van der Waals surface area contributed by atoms with Gasteiger partial charge < -0.3 is 19.3 Å². The third-order valence-corrected chi connectivity index (χ3v) is 5.13. The van der Waals surface area contributed by atoms with Crippen LogP contribution in [0.25, 0.3) is 0 Å². The zero-order valence-corrected chi connectivity index (χ0v) is 18.3. The zero-order valence-electron chi connectivity index (χ0n) is 18.3. The van der Waals surface area contributed by atoms with Gasteiger partial charge in [-0.05, 0) is 19.1 Å². The van der Waals surface area contributed by atoms with Crippen LogP contribution in [-0.4, -0.2) is 71.5 Å². The molecule has 1 fully saturated rings. The summed E-state index contributed by atoms with van der Waals surface area (Å²) in [5.74, 6) is -0.0383. The Labute approximate surface area is 192 Å². The third kappa shape index (κ3) is 6.44. The van der Waals surface area contributed by atoms with Gasteiger partial charge in [-0.1, -0.05) is 0 Å². The molecule has 0 aliphatic carbocycles. The highest BCUT2D eigenvalue weighted by atomic mass is 19.4. The number of ether oxygens (including phenoxy) is 2. The first-order chi connectivity index (χ1) is 16.2. The molecule has 34 heavy (non-hydrogen) atoms. The summed E-state index contributed by atoms with van der Waals surface area (Å²) in [6, 6.07) is 5.48. The van der Waals surface area contributed by atoms with Crippen molar-refractivity contribution in [3.8, 4) is 11.8 Å². The second-order valence-electron chi connectivity index (χ2n) is 7.56. The molecule has 182 valence electrons. The van der Waals surface area contributed by atoms with Crippen molar-refractivity contribution in [1.82, 2.24) is 20.1 Å². The van der Waals surface area contributed by atoms with Gasteiger partial charge in [0.05, 0.1) is 30.9 Å². The van der Waals surface area contributed by atoms with E-state index in [0.717, 1.165) is 12.0 Å². The number of nitriles is 1. The quantitative estimate of drug-likeness (QED) is 0.604. The minimum absolute atomic E-state index is 0.0699. The third-order valence-electron chi connectivity index (χ3n) is 5.13. The fraction of sp³-hybridized carbons (Fsp3) is 0.476. The second-order valence-corrected chi connectivity index (χ2v) is 7.56. The molecule has 2 aromatic rings. The van der Waals surface area contributed by atoms with Gasteiger partial charge in [-0.3, -0.25) is 9.59 Å². The number of alkyl halides is 3. The summed E-state index contributed by atoms with van der Waals surface area (Å²) in [5, 5.41) is 13.9. The van der Waals surface area contributed by atoms with Crippen LogP contribution in [-0.2, 0) is 15.7 Å². The Morgan fingerprint density at radius 1 is 1.26 bits per heavy atom. The number of anilines is 1. The molecule has 1 atom stereocenters. The van der Waals surface area contributed by atoms with Gasteiger partial charge in [0.2, 0.25) is 5.91 Å². The number of aromatic nitrogens is 3. The largest absolute Gasteiger partial charge is 0.488 e. The molecule has 13 heteroatoms. The van der Waals surface area contributed by atoms with Crippen molar-refractivity contribution in [1.29, 1.82) is 5.26 Å². The first-order valence-corrected chi connectivity index (χ1v) is 10.5. The van der Waals surface area contributed by atoms with Gasteiger partial charge in [-0.25, -0.2) is 10.1 Å². The van der Waals surface area contributed by atoms with E-state index in [1.54, 1.807) is 29.1 Å². The normalized spacial score (nSPS) is 15.0. The molecule has 0 radical (unpaired) electrons. The fourth-order valence-corrected chi connectivity index (χ4v) is 3.34. The molecule has 2 aromatic heterocycles. The second kappa shape index (κ2) is 11.0. The molecular weight excluding hydrogens is 457 g/mol. The molecule has 1 aliphatic heterocycles. The lowest BCUT2D eigenvalue weighted by atomic mass is 10.2. The Hall–Kier alpha value is -3.66. The van der Waals surface area contributed by atoms with E-state index in [0.29, 0.717) is 31.7 Å². The molecule has 1 saturated heterocycles. The number of carbonyl (C=O) groups is 1. The van der Waals surface area contributed by atoms with Crippen LogP contribution in [0.5, 0.6) is 5.75 Å². The van der Waals surface area contributed by atoms with Crippen LogP contribution in [0.3, 0.4) is 0 Å². The lowest BCUT2D eigenvalue weighted by Crippen LogP contribution is -2.49. The monoisotopic (exact) mass is 480 g/mol. The van der Waals surface area contributed by atoms with Crippen LogP contribution in [0.4, 0.5) is 19.0 Å². The highest BCUT2D eigenvalue weighted by Gasteiger charge is 2.38.